The average Bonchev–Trinajstić information content (AvgIpc) is 3.61. The summed E-state index contributed by atoms with van der Waals surface area (Å²) in [4.78, 5) is 15.5. The van der Waals surface area contributed by atoms with Crippen LogP contribution in [0.25, 0.3) is 22.2 Å². The molecule has 3 N–H and O–H groups in total. The number of hydrogen-bond acceptors (Lipinski definition) is 5. The molecule has 2 aromatic carbocycles. The van der Waals surface area contributed by atoms with Crippen LogP contribution < -0.4 is 10.6 Å². The standard InChI is InChI=1S/C28H32N6/c1-18-3-6-24-25(16-30-26(24)11-18)27-19(2)15-31-28(33-27)32-23-13-20(12-22(14-23)21-4-5-21)17-34-9-7-29-8-10-34/h3,6,11-16,21,29-30H,4-5,7-10,17H2,1-2H3,(H,31,32,33). The molecular weight excluding hydrogens is 420 g/mol. The summed E-state index contributed by atoms with van der Waals surface area (Å²) in [5.74, 6) is 1.34. The first kappa shape index (κ1) is 21.3. The summed E-state index contributed by atoms with van der Waals surface area (Å²) in [6.45, 7) is 9.53. The number of nitrogens with one attached hydrogen (secondary N) is 3. The second-order valence-electron chi connectivity index (χ2n) is 9.87. The SMILES string of the molecule is Cc1ccc2c(-c3nc(Nc4cc(CN5CCNCC5)cc(C5CC5)c4)ncc3C)c[nH]c2c1. The highest BCUT2D eigenvalue weighted by Crippen LogP contribution is 2.41. The first-order valence-corrected chi connectivity index (χ1v) is 12.4. The third-order valence-electron chi connectivity index (χ3n) is 7.00. The molecule has 0 spiro atoms. The van der Waals surface area contributed by atoms with Crippen molar-refractivity contribution in [2.75, 3.05) is 31.5 Å². The topological polar surface area (TPSA) is 68.9 Å². The van der Waals surface area contributed by atoms with Crippen molar-refractivity contribution in [1.82, 2.24) is 25.2 Å². The van der Waals surface area contributed by atoms with E-state index < -0.39 is 0 Å². The summed E-state index contributed by atoms with van der Waals surface area (Å²) in [6, 6.07) is 13.5. The number of hydrogen-bond donors (Lipinski definition) is 3. The fourth-order valence-corrected chi connectivity index (χ4v) is 5.00. The average molecular weight is 453 g/mol. The number of aromatic amines is 1. The van der Waals surface area contributed by atoms with Crippen LogP contribution >= 0.6 is 0 Å². The van der Waals surface area contributed by atoms with Crippen LogP contribution in [0.2, 0.25) is 0 Å². The first-order valence-electron chi connectivity index (χ1n) is 12.4. The van der Waals surface area contributed by atoms with E-state index in [1.165, 1.54) is 34.9 Å². The number of piperazine rings is 1. The molecule has 1 aliphatic carbocycles. The maximum Gasteiger partial charge on any atom is 0.227 e. The number of anilines is 2. The lowest BCUT2D eigenvalue weighted by atomic mass is 10.0. The van der Waals surface area contributed by atoms with Crippen LogP contribution in [0.5, 0.6) is 0 Å². The van der Waals surface area contributed by atoms with Crippen LogP contribution in [-0.4, -0.2) is 46.0 Å². The molecule has 6 heteroatoms. The molecule has 0 unspecified atom stereocenters. The van der Waals surface area contributed by atoms with Crippen LogP contribution in [0.15, 0.2) is 48.8 Å². The Morgan fingerprint density at radius 2 is 1.91 bits per heavy atom. The molecule has 2 fully saturated rings. The highest BCUT2D eigenvalue weighted by atomic mass is 15.2. The van der Waals surface area contributed by atoms with Crippen molar-refractivity contribution >= 4 is 22.5 Å². The lowest BCUT2D eigenvalue weighted by Gasteiger charge is -2.27. The van der Waals surface area contributed by atoms with Gasteiger partial charge in [-0.3, -0.25) is 4.90 Å². The van der Waals surface area contributed by atoms with Crippen molar-refractivity contribution in [3.05, 3.63) is 71.0 Å². The quantitative estimate of drug-likeness (QED) is 0.372. The molecule has 174 valence electrons. The molecule has 1 saturated carbocycles. The summed E-state index contributed by atoms with van der Waals surface area (Å²) in [5.41, 5.74) is 9.42. The van der Waals surface area contributed by atoms with E-state index in [2.05, 4.69) is 81.9 Å². The van der Waals surface area contributed by atoms with Crippen molar-refractivity contribution in [1.29, 1.82) is 0 Å². The van der Waals surface area contributed by atoms with Gasteiger partial charge in [-0.05, 0) is 73.1 Å². The molecule has 1 saturated heterocycles. The van der Waals surface area contributed by atoms with Crippen LogP contribution in [0.4, 0.5) is 11.6 Å². The molecule has 3 heterocycles. The van der Waals surface area contributed by atoms with Gasteiger partial charge in [0, 0.05) is 67.3 Å². The number of aryl methyl sites for hydroxylation is 2. The van der Waals surface area contributed by atoms with Gasteiger partial charge in [0.05, 0.1) is 5.69 Å². The molecule has 6 rings (SSSR count). The zero-order valence-corrected chi connectivity index (χ0v) is 20.0. The third-order valence-corrected chi connectivity index (χ3v) is 7.00. The van der Waals surface area contributed by atoms with Crippen molar-refractivity contribution in [2.24, 2.45) is 0 Å². The largest absolute Gasteiger partial charge is 0.360 e. The number of fused-ring (bicyclic) bond motifs is 1. The predicted molar refractivity (Wildman–Crippen MR) is 139 cm³/mol. The van der Waals surface area contributed by atoms with E-state index in [4.69, 9.17) is 4.98 Å². The van der Waals surface area contributed by atoms with E-state index in [1.54, 1.807) is 0 Å². The highest BCUT2D eigenvalue weighted by molar-refractivity contribution is 5.95. The van der Waals surface area contributed by atoms with Gasteiger partial charge in [-0.25, -0.2) is 9.97 Å². The zero-order chi connectivity index (χ0) is 23.1. The molecule has 0 atom stereocenters. The number of rotatable bonds is 6. The fraction of sp³-hybridized carbons (Fsp3) is 0.357. The lowest BCUT2D eigenvalue weighted by Crippen LogP contribution is -2.42. The minimum Gasteiger partial charge on any atom is -0.360 e. The van der Waals surface area contributed by atoms with E-state index in [9.17, 15) is 0 Å². The number of benzene rings is 2. The van der Waals surface area contributed by atoms with E-state index in [1.807, 2.05) is 6.20 Å². The Labute approximate surface area is 200 Å². The second kappa shape index (κ2) is 8.85. The second-order valence-corrected chi connectivity index (χ2v) is 9.87. The lowest BCUT2D eigenvalue weighted by molar-refractivity contribution is 0.233. The normalized spacial score (nSPS) is 16.8. The third kappa shape index (κ3) is 4.43. The summed E-state index contributed by atoms with van der Waals surface area (Å²) in [6.07, 6.45) is 6.57. The van der Waals surface area contributed by atoms with E-state index in [0.29, 0.717) is 11.9 Å². The number of aromatic nitrogens is 3. The minimum atomic E-state index is 0.642. The Bertz CT molecular complexity index is 1330. The van der Waals surface area contributed by atoms with Gasteiger partial charge in [-0.2, -0.15) is 0 Å². The van der Waals surface area contributed by atoms with Crippen LogP contribution in [0.3, 0.4) is 0 Å². The molecule has 34 heavy (non-hydrogen) atoms. The Balaban J connectivity index is 1.31. The summed E-state index contributed by atoms with van der Waals surface area (Å²) < 4.78 is 0. The van der Waals surface area contributed by atoms with Gasteiger partial charge >= 0.3 is 0 Å². The maximum absolute atomic E-state index is 4.96. The van der Waals surface area contributed by atoms with Crippen LogP contribution in [-0.2, 0) is 6.54 Å². The van der Waals surface area contributed by atoms with E-state index in [0.717, 1.165) is 60.7 Å². The predicted octanol–water partition coefficient (Wildman–Crippen LogP) is 5.27. The molecule has 2 aliphatic rings. The minimum absolute atomic E-state index is 0.642. The highest BCUT2D eigenvalue weighted by Gasteiger charge is 2.25. The molecule has 6 nitrogen and oxygen atoms in total. The number of nitrogens with zero attached hydrogens (tertiary/aromatic N) is 3. The zero-order valence-electron chi connectivity index (χ0n) is 20.0. The van der Waals surface area contributed by atoms with Gasteiger partial charge < -0.3 is 15.6 Å². The monoisotopic (exact) mass is 452 g/mol. The summed E-state index contributed by atoms with van der Waals surface area (Å²) >= 11 is 0. The summed E-state index contributed by atoms with van der Waals surface area (Å²) in [5, 5.41) is 8.16. The Hall–Kier alpha value is -3.22. The Morgan fingerprint density at radius 1 is 1.06 bits per heavy atom. The van der Waals surface area contributed by atoms with Gasteiger partial charge in [-0.15, -0.1) is 0 Å². The van der Waals surface area contributed by atoms with Crippen LogP contribution in [0.1, 0.15) is 41.0 Å². The van der Waals surface area contributed by atoms with Gasteiger partial charge in [0.2, 0.25) is 5.95 Å². The van der Waals surface area contributed by atoms with Gasteiger partial charge in [0.15, 0.2) is 0 Å². The molecule has 2 aromatic heterocycles. The van der Waals surface area contributed by atoms with Gasteiger partial charge in [0.1, 0.15) is 0 Å². The Kier molecular flexibility index (Phi) is 5.55. The van der Waals surface area contributed by atoms with Crippen molar-refractivity contribution in [3.63, 3.8) is 0 Å². The van der Waals surface area contributed by atoms with Gasteiger partial charge in [-0.1, -0.05) is 18.2 Å². The molecule has 4 aromatic rings. The van der Waals surface area contributed by atoms with Crippen molar-refractivity contribution in [3.8, 4) is 11.3 Å². The van der Waals surface area contributed by atoms with Crippen molar-refractivity contribution in [2.45, 2.75) is 39.2 Å². The van der Waals surface area contributed by atoms with Gasteiger partial charge in [0.25, 0.3) is 0 Å². The molecular formula is C28H32N6. The number of H-pyrrole nitrogens is 1. The Morgan fingerprint density at radius 3 is 2.74 bits per heavy atom. The molecule has 0 radical (unpaired) electrons. The molecule has 0 amide bonds. The molecule has 0 bridgehead atoms. The van der Waals surface area contributed by atoms with E-state index in [-0.39, 0.29) is 0 Å². The van der Waals surface area contributed by atoms with Crippen molar-refractivity contribution < 1.29 is 0 Å². The van der Waals surface area contributed by atoms with Crippen LogP contribution in [0, 0.1) is 13.8 Å². The maximum atomic E-state index is 4.96. The molecule has 1 aliphatic heterocycles. The smallest absolute Gasteiger partial charge is 0.227 e. The first-order chi connectivity index (χ1) is 16.6. The summed E-state index contributed by atoms with van der Waals surface area (Å²) in [7, 11) is 0. The fourth-order valence-electron chi connectivity index (χ4n) is 5.00. The van der Waals surface area contributed by atoms with E-state index >= 15 is 0 Å².